The van der Waals surface area contributed by atoms with Crippen LogP contribution in [0.25, 0.3) is 6.08 Å². The van der Waals surface area contributed by atoms with Crippen molar-refractivity contribution in [2.45, 2.75) is 12.8 Å². The molecule has 15 heavy (non-hydrogen) atoms. The van der Waals surface area contributed by atoms with Crippen LogP contribution in [0.4, 0.5) is 0 Å². The van der Waals surface area contributed by atoms with Crippen LogP contribution in [0.5, 0.6) is 0 Å². The Morgan fingerprint density at radius 1 is 1.40 bits per heavy atom. The standard InChI is InChI=1S/C12H12BrNO/c13-11-5-1-3-9(8-11)7-10-4-2-6-14-12(10)15/h1,3,5,7-8H,2,4,6H2,(H,14,15)/b10-7-. The molecule has 1 amide bonds. The summed E-state index contributed by atoms with van der Waals surface area (Å²) in [6, 6.07) is 7.95. The molecule has 0 aliphatic carbocycles. The Morgan fingerprint density at radius 3 is 3.00 bits per heavy atom. The van der Waals surface area contributed by atoms with Gasteiger partial charge in [0.2, 0.25) is 5.91 Å². The molecule has 0 aromatic heterocycles. The molecule has 1 saturated heterocycles. The van der Waals surface area contributed by atoms with Crippen LogP contribution in [0, 0.1) is 0 Å². The lowest BCUT2D eigenvalue weighted by Gasteiger charge is -2.14. The second-order valence-electron chi connectivity index (χ2n) is 3.58. The van der Waals surface area contributed by atoms with E-state index in [1.54, 1.807) is 0 Å². The van der Waals surface area contributed by atoms with Crippen LogP contribution in [0.2, 0.25) is 0 Å². The lowest BCUT2D eigenvalue weighted by Crippen LogP contribution is -2.30. The van der Waals surface area contributed by atoms with Gasteiger partial charge in [-0.25, -0.2) is 0 Å². The minimum Gasteiger partial charge on any atom is -0.352 e. The molecule has 78 valence electrons. The number of rotatable bonds is 1. The van der Waals surface area contributed by atoms with E-state index in [4.69, 9.17) is 0 Å². The van der Waals surface area contributed by atoms with Gasteiger partial charge in [-0.05, 0) is 36.6 Å². The van der Waals surface area contributed by atoms with Crippen molar-refractivity contribution in [2.24, 2.45) is 0 Å². The van der Waals surface area contributed by atoms with Crippen molar-refractivity contribution in [3.05, 3.63) is 39.9 Å². The first-order chi connectivity index (χ1) is 7.25. The molecular weight excluding hydrogens is 254 g/mol. The molecule has 3 heteroatoms. The Labute approximate surface area is 97.5 Å². The molecular formula is C12H12BrNO. The third kappa shape index (κ3) is 2.69. The average molecular weight is 266 g/mol. The van der Waals surface area contributed by atoms with Crippen molar-refractivity contribution in [1.29, 1.82) is 0 Å². The predicted octanol–water partition coefficient (Wildman–Crippen LogP) is 2.74. The van der Waals surface area contributed by atoms with Gasteiger partial charge in [0, 0.05) is 16.6 Å². The van der Waals surface area contributed by atoms with E-state index in [9.17, 15) is 4.79 Å². The molecule has 0 atom stereocenters. The maximum atomic E-state index is 11.5. The normalized spacial score (nSPS) is 19.0. The fraction of sp³-hybridized carbons (Fsp3) is 0.250. The highest BCUT2D eigenvalue weighted by Gasteiger charge is 2.13. The number of halogens is 1. The molecule has 1 aliphatic heterocycles. The highest BCUT2D eigenvalue weighted by molar-refractivity contribution is 9.10. The minimum atomic E-state index is 0.0706. The van der Waals surface area contributed by atoms with Gasteiger partial charge < -0.3 is 5.32 Å². The molecule has 1 aromatic carbocycles. The molecule has 2 nitrogen and oxygen atoms in total. The van der Waals surface area contributed by atoms with Crippen LogP contribution in [0.1, 0.15) is 18.4 Å². The second-order valence-corrected chi connectivity index (χ2v) is 4.50. The fourth-order valence-corrected chi connectivity index (χ4v) is 2.06. The highest BCUT2D eigenvalue weighted by Crippen LogP contribution is 2.17. The quantitative estimate of drug-likeness (QED) is 0.778. The molecule has 0 saturated carbocycles. The van der Waals surface area contributed by atoms with Crippen molar-refractivity contribution < 1.29 is 4.79 Å². The summed E-state index contributed by atoms with van der Waals surface area (Å²) in [5.74, 6) is 0.0706. The van der Waals surface area contributed by atoms with E-state index >= 15 is 0 Å². The van der Waals surface area contributed by atoms with Gasteiger partial charge in [0.05, 0.1) is 0 Å². The summed E-state index contributed by atoms with van der Waals surface area (Å²) in [5.41, 5.74) is 1.94. The van der Waals surface area contributed by atoms with E-state index in [-0.39, 0.29) is 5.91 Å². The van der Waals surface area contributed by atoms with Crippen molar-refractivity contribution in [3.63, 3.8) is 0 Å². The van der Waals surface area contributed by atoms with Crippen LogP contribution in [-0.4, -0.2) is 12.5 Å². The van der Waals surface area contributed by atoms with E-state index in [1.807, 2.05) is 30.3 Å². The molecule has 1 aromatic rings. The van der Waals surface area contributed by atoms with Crippen LogP contribution >= 0.6 is 15.9 Å². The van der Waals surface area contributed by atoms with E-state index in [0.717, 1.165) is 35.0 Å². The third-order valence-corrected chi connectivity index (χ3v) is 2.88. The number of piperidine rings is 1. The minimum absolute atomic E-state index is 0.0706. The van der Waals surface area contributed by atoms with Crippen molar-refractivity contribution in [3.8, 4) is 0 Å². The van der Waals surface area contributed by atoms with Gasteiger partial charge in [0.1, 0.15) is 0 Å². The van der Waals surface area contributed by atoms with Crippen molar-refractivity contribution >= 4 is 27.9 Å². The molecule has 2 rings (SSSR count). The first-order valence-corrected chi connectivity index (χ1v) is 5.79. The third-order valence-electron chi connectivity index (χ3n) is 2.39. The fourth-order valence-electron chi connectivity index (χ4n) is 1.64. The Morgan fingerprint density at radius 2 is 2.27 bits per heavy atom. The number of amides is 1. The van der Waals surface area contributed by atoms with Gasteiger partial charge in [-0.2, -0.15) is 0 Å². The topological polar surface area (TPSA) is 29.1 Å². The van der Waals surface area contributed by atoms with Gasteiger partial charge in [0.15, 0.2) is 0 Å². The molecule has 0 spiro atoms. The molecule has 0 radical (unpaired) electrons. The summed E-state index contributed by atoms with van der Waals surface area (Å²) >= 11 is 3.41. The SMILES string of the molecule is O=C1NCCC/C1=C/c1cccc(Br)c1. The zero-order valence-corrected chi connectivity index (χ0v) is 9.88. The number of carbonyl (C=O) groups excluding carboxylic acids is 1. The summed E-state index contributed by atoms with van der Waals surface area (Å²) in [4.78, 5) is 11.5. The molecule has 0 bridgehead atoms. The molecule has 1 heterocycles. The average Bonchev–Trinajstić information content (AvgIpc) is 2.22. The number of hydrogen-bond donors (Lipinski definition) is 1. The van der Waals surface area contributed by atoms with E-state index in [1.165, 1.54) is 0 Å². The van der Waals surface area contributed by atoms with Gasteiger partial charge >= 0.3 is 0 Å². The van der Waals surface area contributed by atoms with Crippen LogP contribution in [-0.2, 0) is 4.79 Å². The second kappa shape index (κ2) is 4.62. The highest BCUT2D eigenvalue weighted by atomic mass is 79.9. The maximum Gasteiger partial charge on any atom is 0.247 e. The van der Waals surface area contributed by atoms with Gasteiger partial charge in [0.25, 0.3) is 0 Å². The molecule has 0 unspecified atom stereocenters. The number of nitrogens with one attached hydrogen (secondary N) is 1. The summed E-state index contributed by atoms with van der Waals surface area (Å²) in [6.45, 7) is 0.800. The zero-order valence-electron chi connectivity index (χ0n) is 8.29. The summed E-state index contributed by atoms with van der Waals surface area (Å²) in [5, 5.41) is 2.85. The lowest BCUT2D eigenvalue weighted by molar-refractivity contribution is -0.118. The summed E-state index contributed by atoms with van der Waals surface area (Å²) < 4.78 is 1.04. The van der Waals surface area contributed by atoms with Crippen molar-refractivity contribution in [1.82, 2.24) is 5.32 Å². The van der Waals surface area contributed by atoms with E-state index in [2.05, 4.69) is 21.2 Å². The number of hydrogen-bond acceptors (Lipinski definition) is 1. The van der Waals surface area contributed by atoms with Crippen LogP contribution in [0.15, 0.2) is 34.3 Å². The van der Waals surface area contributed by atoms with Gasteiger partial charge in [-0.1, -0.05) is 28.1 Å². The Balaban J connectivity index is 2.25. The Kier molecular flexibility index (Phi) is 3.21. The molecule has 1 N–H and O–H groups in total. The predicted molar refractivity (Wildman–Crippen MR) is 64.4 cm³/mol. The maximum absolute atomic E-state index is 11.5. The summed E-state index contributed by atoms with van der Waals surface area (Å²) in [6.07, 6.45) is 3.86. The molecule has 1 aliphatic rings. The van der Waals surface area contributed by atoms with Gasteiger partial charge in [-0.15, -0.1) is 0 Å². The molecule has 1 fully saturated rings. The Bertz CT molecular complexity index is 412. The largest absolute Gasteiger partial charge is 0.352 e. The van der Waals surface area contributed by atoms with Crippen LogP contribution < -0.4 is 5.32 Å². The monoisotopic (exact) mass is 265 g/mol. The first kappa shape index (κ1) is 10.4. The summed E-state index contributed by atoms with van der Waals surface area (Å²) in [7, 11) is 0. The van der Waals surface area contributed by atoms with E-state index in [0.29, 0.717) is 0 Å². The van der Waals surface area contributed by atoms with Crippen molar-refractivity contribution in [2.75, 3.05) is 6.54 Å². The van der Waals surface area contributed by atoms with Crippen LogP contribution in [0.3, 0.4) is 0 Å². The zero-order chi connectivity index (χ0) is 10.7. The van der Waals surface area contributed by atoms with Gasteiger partial charge in [-0.3, -0.25) is 4.79 Å². The van der Waals surface area contributed by atoms with E-state index < -0.39 is 0 Å². The first-order valence-electron chi connectivity index (χ1n) is 5.00. The smallest absolute Gasteiger partial charge is 0.247 e. The Hall–Kier alpha value is -1.09. The number of carbonyl (C=O) groups is 1. The lowest BCUT2D eigenvalue weighted by atomic mass is 10.0. The number of benzene rings is 1.